The highest BCUT2D eigenvalue weighted by Gasteiger charge is 2.25. The van der Waals surface area contributed by atoms with Gasteiger partial charge in [0, 0.05) is 22.3 Å². The maximum atomic E-state index is 12.0. The molecule has 1 aliphatic rings. The van der Waals surface area contributed by atoms with Gasteiger partial charge in [-0.25, -0.2) is 0 Å². The van der Waals surface area contributed by atoms with E-state index in [1.54, 1.807) is 6.92 Å². The van der Waals surface area contributed by atoms with Gasteiger partial charge in [-0.1, -0.05) is 41.1 Å². The molecule has 3 rings (SSSR count). The number of carbonyl (C=O) groups is 1. The Morgan fingerprint density at radius 1 is 1.19 bits per heavy atom. The molecule has 1 atom stereocenters. The van der Waals surface area contributed by atoms with E-state index in [-0.39, 0.29) is 5.78 Å². The molecule has 1 aliphatic heterocycles. The minimum atomic E-state index is 0.105. The molecule has 0 saturated carbocycles. The highest BCUT2D eigenvalue weighted by Crippen LogP contribution is 2.38. The SMILES string of the molecule is CC(=O)c1ccc(Br)cc1N1CC(C)Cc2ccccc21. The number of carbonyl (C=O) groups excluding carboxylic acids is 1. The lowest BCUT2D eigenvalue weighted by atomic mass is 9.92. The highest BCUT2D eigenvalue weighted by atomic mass is 79.9. The van der Waals surface area contributed by atoms with Crippen molar-refractivity contribution in [1.82, 2.24) is 0 Å². The molecule has 2 nitrogen and oxygen atoms in total. The third-order valence-corrected chi connectivity index (χ3v) is 4.47. The van der Waals surface area contributed by atoms with Crippen molar-refractivity contribution >= 4 is 33.1 Å². The molecule has 0 fully saturated rings. The summed E-state index contributed by atoms with van der Waals surface area (Å²) in [5.74, 6) is 0.673. The fourth-order valence-electron chi connectivity index (χ4n) is 3.05. The van der Waals surface area contributed by atoms with Gasteiger partial charge in [0.05, 0.1) is 5.69 Å². The van der Waals surface area contributed by atoms with Crippen molar-refractivity contribution in [3.8, 4) is 0 Å². The fourth-order valence-corrected chi connectivity index (χ4v) is 3.40. The lowest BCUT2D eigenvalue weighted by molar-refractivity contribution is 0.101. The van der Waals surface area contributed by atoms with Crippen molar-refractivity contribution in [3.05, 3.63) is 58.1 Å². The summed E-state index contributed by atoms with van der Waals surface area (Å²) in [5, 5.41) is 0. The third kappa shape index (κ3) is 2.75. The van der Waals surface area contributed by atoms with E-state index in [0.29, 0.717) is 5.92 Å². The zero-order valence-electron chi connectivity index (χ0n) is 12.3. The van der Waals surface area contributed by atoms with Gasteiger partial charge in [-0.05, 0) is 49.1 Å². The van der Waals surface area contributed by atoms with Crippen molar-refractivity contribution in [2.75, 3.05) is 11.4 Å². The van der Waals surface area contributed by atoms with Crippen LogP contribution in [-0.4, -0.2) is 12.3 Å². The van der Waals surface area contributed by atoms with Gasteiger partial charge < -0.3 is 4.90 Å². The lowest BCUT2D eigenvalue weighted by Gasteiger charge is -2.35. The van der Waals surface area contributed by atoms with E-state index in [0.717, 1.165) is 28.7 Å². The summed E-state index contributed by atoms with van der Waals surface area (Å²) in [5.41, 5.74) is 4.35. The zero-order valence-corrected chi connectivity index (χ0v) is 13.9. The van der Waals surface area contributed by atoms with Gasteiger partial charge >= 0.3 is 0 Å². The number of hydrogen-bond acceptors (Lipinski definition) is 2. The Bertz CT molecular complexity index is 695. The lowest BCUT2D eigenvalue weighted by Crippen LogP contribution is -2.31. The Morgan fingerprint density at radius 2 is 1.95 bits per heavy atom. The van der Waals surface area contributed by atoms with E-state index < -0.39 is 0 Å². The molecule has 1 heterocycles. The summed E-state index contributed by atoms with van der Waals surface area (Å²) < 4.78 is 0.998. The number of halogens is 1. The van der Waals surface area contributed by atoms with Crippen molar-refractivity contribution in [2.24, 2.45) is 5.92 Å². The summed E-state index contributed by atoms with van der Waals surface area (Å²) in [7, 11) is 0. The molecule has 108 valence electrons. The van der Waals surface area contributed by atoms with Crippen LogP contribution >= 0.6 is 15.9 Å². The molecule has 0 bridgehead atoms. The summed E-state index contributed by atoms with van der Waals surface area (Å²) in [4.78, 5) is 14.3. The van der Waals surface area contributed by atoms with Crippen molar-refractivity contribution in [1.29, 1.82) is 0 Å². The normalized spacial score (nSPS) is 17.5. The van der Waals surface area contributed by atoms with Gasteiger partial charge in [0.25, 0.3) is 0 Å². The summed E-state index contributed by atoms with van der Waals surface area (Å²) in [6, 6.07) is 14.4. The Labute approximate surface area is 133 Å². The van der Waals surface area contributed by atoms with Gasteiger partial charge in [-0.15, -0.1) is 0 Å². The minimum absolute atomic E-state index is 0.105. The predicted octanol–water partition coefficient (Wildman–Crippen LogP) is 4.98. The Morgan fingerprint density at radius 3 is 2.71 bits per heavy atom. The fraction of sp³-hybridized carbons (Fsp3) is 0.278. The standard InChI is InChI=1S/C18H18BrNO/c1-12-9-14-5-3-4-6-17(14)20(11-12)18-10-15(19)7-8-16(18)13(2)21/h3-8,10,12H,9,11H2,1-2H3. The van der Waals surface area contributed by atoms with Gasteiger partial charge in [0.1, 0.15) is 0 Å². The van der Waals surface area contributed by atoms with E-state index in [2.05, 4.69) is 52.0 Å². The first kappa shape index (κ1) is 14.3. The maximum Gasteiger partial charge on any atom is 0.161 e. The van der Waals surface area contributed by atoms with Gasteiger partial charge in [-0.2, -0.15) is 0 Å². The quantitative estimate of drug-likeness (QED) is 0.716. The maximum absolute atomic E-state index is 12.0. The second-order valence-electron chi connectivity index (χ2n) is 5.77. The summed E-state index contributed by atoms with van der Waals surface area (Å²) >= 11 is 3.53. The Kier molecular flexibility index (Phi) is 3.85. The van der Waals surface area contributed by atoms with Crippen LogP contribution in [0.25, 0.3) is 0 Å². The molecule has 2 aromatic carbocycles. The molecule has 1 unspecified atom stereocenters. The number of hydrogen-bond donors (Lipinski definition) is 0. The Balaban J connectivity index is 2.17. The van der Waals surface area contributed by atoms with E-state index in [4.69, 9.17) is 0 Å². The van der Waals surface area contributed by atoms with Gasteiger partial charge in [-0.3, -0.25) is 4.79 Å². The van der Waals surface area contributed by atoms with Crippen LogP contribution in [0.4, 0.5) is 11.4 Å². The monoisotopic (exact) mass is 343 g/mol. The first-order valence-electron chi connectivity index (χ1n) is 7.22. The summed E-state index contributed by atoms with van der Waals surface area (Å²) in [6.07, 6.45) is 1.09. The van der Waals surface area contributed by atoms with Crippen LogP contribution in [0, 0.1) is 5.92 Å². The third-order valence-electron chi connectivity index (χ3n) is 3.97. The van der Waals surface area contributed by atoms with E-state index in [1.807, 2.05) is 18.2 Å². The van der Waals surface area contributed by atoms with Crippen molar-refractivity contribution in [2.45, 2.75) is 20.3 Å². The second kappa shape index (κ2) is 5.64. The summed E-state index contributed by atoms with van der Waals surface area (Å²) in [6.45, 7) is 4.83. The highest BCUT2D eigenvalue weighted by molar-refractivity contribution is 9.10. The molecule has 0 N–H and O–H groups in total. The molecule has 2 aromatic rings. The molecular formula is C18H18BrNO. The minimum Gasteiger partial charge on any atom is -0.340 e. The number of para-hydroxylation sites is 1. The van der Waals surface area contributed by atoms with E-state index in [1.165, 1.54) is 11.3 Å². The van der Waals surface area contributed by atoms with Crippen LogP contribution in [-0.2, 0) is 6.42 Å². The molecular weight excluding hydrogens is 326 g/mol. The van der Waals surface area contributed by atoms with Crippen LogP contribution in [0.5, 0.6) is 0 Å². The molecule has 21 heavy (non-hydrogen) atoms. The first-order valence-corrected chi connectivity index (χ1v) is 8.01. The number of benzene rings is 2. The average molecular weight is 344 g/mol. The zero-order chi connectivity index (χ0) is 15.0. The van der Waals surface area contributed by atoms with E-state index >= 15 is 0 Å². The van der Waals surface area contributed by atoms with Crippen LogP contribution in [0.2, 0.25) is 0 Å². The molecule has 0 saturated heterocycles. The topological polar surface area (TPSA) is 20.3 Å². The number of Topliss-reactive ketones (excluding diaryl/α,β-unsaturated/α-hetero) is 1. The molecule has 0 radical (unpaired) electrons. The molecule has 0 aliphatic carbocycles. The Hall–Kier alpha value is -1.61. The number of fused-ring (bicyclic) bond motifs is 1. The largest absolute Gasteiger partial charge is 0.340 e. The van der Waals surface area contributed by atoms with Gasteiger partial charge in [0.2, 0.25) is 0 Å². The van der Waals surface area contributed by atoms with Crippen molar-refractivity contribution < 1.29 is 4.79 Å². The first-order chi connectivity index (χ1) is 10.1. The van der Waals surface area contributed by atoms with Crippen LogP contribution < -0.4 is 4.90 Å². The van der Waals surface area contributed by atoms with Crippen molar-refractivity contribution in [3.63, 3.8) is 0 Å². The smallest absolute Gasteiger partial charge is 0.161 e. The molecule has 0 aromatic heterocycles. The molecule has 3 heteroatoms. The van der Waals surface area contributed by atoms with Crippen LogP contribution in [0.15, 0.2) is 46.9 Å². The number of anilines is 2. The van der Waals surface area contributed by atoms with Gasteiger partial charge in [0.15, 0.2) is 5.78 Å². The van der Waals surface area contributed by atoms with E-state index in [9.17, 15) is 4.79 Å². The predicted molar refractivity (Wildman–Crippen MR) is 90.5 cm³/mol. The number of nitrogens with zero attached hydrogens (tertiary/aromatic N) is 1. The molecule has 0 amide bonds. The number of ketones is 1. The number of rotatable bonds is 2. The average Bonchev–Trinajstić information content (AvgIpc) is 2.45. The second-order valence-corrected chi connectivity index (χ2v) is 6.68. The molecule has 0 spiro atoms. The van der Waals surface area contributed by atoms with Crippen LogP contribution in [0.3, 0.4) is 0 Å². The van der Waals surface area contributed by atoms with Crippen LogP contribution in [0.1, 0.15) is 29.8 Å².